The molecule has 0 aliphatic heterocycles. The monoisotopic (exact) mass is 218 g/mol. The summed E-state index contributed by atoms with van der Waals surface area (Å²) < 4.78 is 0.132. The molecule has 0 saturated heterocycles. The number of carboxylic acid groups (broad SMARTS) is 1. The van der Waals surface area contributed by atoms with Crippen LogP contribution in [0.5, 0.6) is 5.75 Å². The van der Waals surface area contributed by atoms with Gasteiger partial charge in [0.1, 0.15) is 0 Å². The van der Waals surface area contributed by atoms with Gasteiger partial charge in [0.2, 0.25) is 0 Å². The molecule has 0 bridgehead atoms. The van der Waals surface area contributed by atoms with Crippen molar-refractivity contribution in [3.8, 4) is 5.75 Å². The third kappa shape index (κ3) is 1.64. The summed E-state index contributed by atoms with van der Waals surface area (Å²) in [6, 6.07) is 0. The number of hydrogen-bond donors (Lipinski definition) is 2. The Morgan fingerprint density at radius 3 is 2.73 bits per heavy atom. The second-order valence-electron chi connectivity index (χ2n) is 1.68. The quantitative estimate of drug-likeness (QED) is 0.677. The minimum absolute atomic E-state index is 0.132. The molecule has 0 aliphatic carbocycles. The molecule has 1 rings (SSSR count). The number of aromatic nitrogens is 2. The van der Waals surface area contributed by atoms with Gasteiger partial charge in [-0.1, -0.05) is 0 Å². The van der Waals surface area contributed by atoms with E-state index in [0.29, 0.717) is 0 Å². The summed E-state index contributed by atoms with van der Waals surface area (Å²) in [5.74, 6) is -1.73. The van der Waals surface area contributed by atoms with Crippen LogP contribution < -0.4 is 0 Å². The van der Waals surface area contributed by atoms with Gasteiger partial charge in [0.15, 0.2) is 16.2 Å². The predicted octanol–water partition coefficient (Wildman–Crippen LogP) is 0.643. The van der Waals surface area contributed by atoms with Crippen LogP contribution in [0.15, 0.2) is 10.9 Å². The van der Waals surface area contributed by atoms with Crippen molar-refractivity contribution in [1.29, 1.82) is 0 Å². The van der Waals surface area contributed by atoms with Gasteiger partial charge in [-0.3, -0.25) is 0 Å². The summed E-state index contributed by atoms with van der Waals surface area (Å²) in [6.45, 7) is 0. The van der Waals surface area contributed by atoms with Gasteiger partial charge in [0.05, 0.1) is 6.20 Å². The van der Waals surface area contributed by atoms with E-state index in [1.54, 1.807) is 0 Å². The van der Waals surface area contributed by atoms with Crippen molar-refractivity contribution < 1.29 is 15.0 Å². The van der Waals surface area contributed by atoms with E-state index in [4.69, 9.17) is 10.2 Å². The van der Waals surface area contributed by atoms with Crippen LogP contribution in [0, 0.1) is 0 Å². The molecule has 11 heavy (non-hydrogen) atoms. The molecule has 5 nitrogen and oxygen atoms in total. The summed E-state index contributed by atoms with van der Waals surface area (Å²) in [4.78, 5) is 17.2. The Bertz CT molecular complexity index is 302. The van der Waals surface area contributed by atoms with Gasteiger partial charge in [-0.25, -0.2) is 14.8 Å². The molecule has 0 aromatic carbocycles. The van der Waals surface area contributed by atoms with Crippen molar-refractivity contribution >= 4 is 21.9 Å². The van der Waals surface area contributed by atoms with Gasteiger partial charge in [0, 0.05) is 0 Å². The normalized spacial score (nSPS) is 9.55. The SMILES string of the molecule is O=C(O)c1nc(Br)ncc1O. The minimum atomic E-state index is -1.29. The first-order valence-corrected chi connectivity index (χ1v) is 3.35. The smallest absolute Gasteiger partial charge is 0.358 e. The number of rotatable bonds is 1. The molecule has 0 amide bonds. The van der Waals surface area contributed by atoms with Crippen molar-refractivity contribution in [3.05, 3.63) is 16.6 Å². The highest BCUT2D eigenvalue weighted by Gasteiger charge is 2.11. The number of carboxylic acids is 1. The van der Waals surface area contributed by atoms with Gasteiger partial charge in [-0.2, -0.15) is 0 Å². The Morgan fingerprint density at radius 1 is 1.64 bits per heavy atom. The van der Waals surface area contributed by atoms with E-state index in [-0.39, 0.29) is 4.73 Å². The zero-order valence-corrected chi connectivity index (χ0v) is 6.74. The maximum Gasteiger partial charge on any atom is 0.358 e. The fourth-order valence-corrected chi connectivity index (χ4v) is 0.791. The Morgan fingerprint density at radius 2 is 2.27 bits per heavy atom. The fourth-order valence-electron chi connectivity index (χ4n) is 0.511. The summed E-state index contributed by atoms with van der Waals surface area (Å²) in [5.41, 5.74) is -0.410. The maximum absolute atomic E-state index is 10.3. The number of hydrogen-bond acceptors (Lipinski definition) is 4. The van der Waals surface area contributed by atoms with Crippen molar-refractivity contribution in [2.24, 2.45) is 0 Å². The van der Waals surface area contributed by atoms with Crippen LogP contribution >= 0.6 is 15.9 Å². The number of aromatic carboxylic acids is 1. The second kappa shape index (κ2) is 2.83. The largest absolute Gasteiger partial charge is 0.504 e. The number of carbonyl (C=O) groups is 1. The topological polar surface area (TPSA) is 83.3 Å². The van der Waals surface area contributed by atoms with Crippen LogP contribution in [0.4, 0.5) is 0 Å². The number of halogens is 1. The molecule has 0 fully saturated rings. The van der Waals surface area contributed by atoms with Crippen molar-refractivity contribution in [3.63, 3.8) is 0 Å². The number of aromatic hydroxyl groups is 1. The van der Waals surface area contributed by atoms with E-state index in [9.17, 15) is 4.79 Å². The van der Waals surface area contributed by atoms with Crippen LogP contribution in [0.1, 0.15) is 10.5 Å². The Balaban J connectivity index is 3.23. The lowest BCUT2D eigenvalue weighted by Gasteiger charge is -1.96. The van der Waals surface area contributed by atoms with Crippen LogP contribution in [0.2, 0.25) is 0 Å². The van der Waals surface area contributed by atoms with Gasteiger partial charge in [-0.05, 0) is 15.9 Å². The molecular formula is C5H3BrN2O3. The second-order valence-corrected chi connectivity index (χ2v) is 2.39. The lowest BCUT2D eigenvalue weighted by molar-refractivity contribution is 0.0686. The highest BCUT2D eigenvalue weighted by Crippen LogP contribution is 2.14. The molecule has 0 radical (unpaired) electrons. The molecule has 1 heterocycles. The average molecular weight is 219 g/mol. The molecule has 0 unspecified atom stereocenters. The molecule has 6 heteroatoms. The predicted molar refractivity (Wildman–Crippen MR) is 38.4 cm³/mol. The molecule has 0 saturated carbocycles. The van der Waals surface area contributed by atoms with E-state index >= 15 is 0 Å². The van der Waals surface area contributed by atoms with E-state index in [2.05, 4.69) is 25.9 Å². The molecule has 0 aliphatic rings. The van der Waals surface area contributed by atoms with Crippen molar-refractivity contribution in [1.82, 2.24) is 9.97 Å². The average Bonchev–Trinajstić information content (AvgIpc) is 1.94. The first-order valence-electron chi connectivity index (χ1n) is 2.56. The highest BCUT2D eigenvalue weighted by atomic mass is 79.9. The lowest BCUT2D eigenvalue weighted by Crippen LogP contribution is -2.01. The minimum Gasteiger partial charge on any atom is -0.504 e. The first-order chi connectivity index (χ1) is 5.11. The fraction of sp³-hybridized carbons (Fsp3) is 0. The summed E-state index contributed by atoms with van der Waals surface area (Å²) in [6.07, 6.45) is 1.01. The molecule has 0 spiro atoms. The van der Waals surface area contributed by atoms with E-state index in [0.717, 1.165) is 6.20 Å². The standard InChI is InChI=1S/C5H3BrN2O3/c6-5-7-1-2(9)3(8-5)4(10)11/h1,9H,(H,10,11). The van der Waals surface area contributed by atoms with Crippen LogP contribution in [0.3, 0.4) is 0 Å². The molecule has 0 atom stereocenters. The zero-order valence-electron chi connectivity index (χ0n) is 5.15. The van der Waals surface area contributed by atoms with Crippen LogP contribution in [0.25, 0.3) is 0 Å². The summed E-state index contributed by atoms with van der Waals surface area (Å²) in [5, 5.41) is 17.3. The van der Waals surface area contributed by atoms with Crippen LogP contribution in [-0.4, -0.2) is 26.2 Å². The Hall–Kier alpha value is -1.17. The first kappa shape index (κ1) is 7.93. The van der Waals surface area contributed by atoms with Gasteiger partial charge < -0.3 is 10.2 Å². The highest BCUT2D eigenvalue weighted by molar-refractivity contribution is 9.10. The van der Waals surface area contributed by atoms with E-state index in [1.165, 1.54) is 0 Å². The van der Waals surface area contributed by atoms with Gasteiger partial charge in [0.25, 0.3) is 0 Å². The van der Waals surface area contributed by atoms with Gasteiger partial charge >= 0.3 is 5.97 Å². The Kier molecular flexibility index (Phi) is 2.04. The van der Waals surface area contributed by atoms with E-state index in [1.807, 2.05) is 0 Å². The lowest BCUT2D eigenvalue weighted by atomic mass is 10.4. The van der Waals surface area contributed by atoms with E-state index < -0.39 is 17.4 Å². The third-order valence-electron chi connectivity index (χ3n) is 0.943. The van der Waals surface area contributed by atoms with Crippen molar-refractivity contribution in [2.45, 2.75) is 0 Å². The van der Waals surface area contributed by atoms with Crippen LogP contribution in [-0.2, 0) is 0 Å². The molecule has 1 aromatic heterocycles. The third-order valence-corrected chi connectivity index (χ3v) is 1.32. The molecule has 2 N–H and O–H groups in total. The zero-order chi connectivity index (χ0) is 8.43. The maximum atomic E-state index is 10.3. The van der Waals surface area contributed by atoms with Crippen molar-refractivity contribution in [2.75, 3.05) is 0 Å². The molecule has 1 aromatic rings. The number of nitrogens with zero attached hydrogens (tertiary/aromatic N) is 2. The Labute approximate surface area is 69.9 Å². The molecular weight excluding hydrogens is 216 g/mol. The summed E-state index contributed by atoms with van der Waals surface area (Å²) in [7, 11) is 0. The molecule has 58 valence electrons. The van der Waals surface area contributed by atoms with Gasteiger partial charge in [-0.15, -0.1) is 0 Å². The summed E-state index contributed by atoms with van der Waals surface area (Å²) >= 11 is 2.87.